The van der Waals surface area contributed by atoms with Crippen LogP contribution in [0.3, 0.4) is 0 Å². The van der Waals surface area contributed by atoms with Gasteiger partial charge in [0.1, 0.15) is 0 Å². The van der Waals surface area contributed by atoms with Gasteiger partial charge in [0.15, 0.2) is 5.78 Å². The summed E-state index contributed by atoms with van der Waals surface area (Å²) in [7, 11) is 0. The lowest BCUT2D eigenvalue weighted by molar-refractivity contribution is 0.0994. The van der Waals surface area contributed by atoms with Gasteiger partial charge in [-0.05, 0) is 24.1 Å². The van der Waals surface area contributed by atoms with Gasteiger partial charge in [0.2, 0.25) is 5.95 Å². The van der Waals surface area contributed by atoms with Crippen LogP contribution >= 0.6 is 12.4 Å². The Balaban J connectivity index is 0.00000259. The number of carbonyl (C=O) groups is 1. The number of ketones is 1. The van der Waals surface area contributed by atoms with E-state index in [4.69, 9.17) is 4.98 Å². The van der Waals surface area contributed by atoms with E-state index in [1.54, 1.807) is 23.0 Å². The second-order valence-electron chi connectivity index (χ2n) is 7.80. The quantitative estimate of drug-likeness (QED) is 0.410. The Morgan fingerprint density at radius 3 is 2.30 bits per heavy atom. The Morgan fingerprint density at radius 1 is 0.939 bits per heavy atom. The molecule has 1 atom stereocenters. The van der Waals surface area contributed by atoms with Crippen molar-refractivity contribution < 1.29 is 4.79 Å². The van der Waals surface area contributed by atoms with Crippen LogP contribution in [-0.4, -0.2) is 26.9 Å². The smallest absolute Gasteiger partial charge is 0.255 e. The normalized spacial score (nSPS) is 14.8. The number of benzene rings is 2. The molecule has 5 rings (SSSR count). The van der Waals surface area contributed by atoms with Crippen molar-refractivity contribution in [3.63, 3.8) is 0 Å². The Labute approximate surface area is 198 Å². The molecular formula is C26H23ClN4O2. The minimum absolute atomic E-state index is 0. The molecule has 0 spiro atoms. The molecule has 2 aromatic carbocycles. The van der Waals surface area contributed by atoms with Gasteiger partial charge in [0, 0.05) is 36.1 Å². The number of hydrogen-bond acceptors (Lipinski definition) is 5. The summed E-state index contributed by atoms with van der Waals surface area (Å²) in [4.78, 5) is 37.1. The van der Waals surface area contributed by atoms with Gasteiger partial charge in [-0.15, -0.1) is 12.4 Å². The van der Waals surface area contributed by atoms with Gasteiger partial charge in [0.25, 0.3) is 5.56 Å². The minimum Gasteiger partial charge on any atom is -0.327 e. The van der Waals surface area contributed by atoms with Crippen molar-refractivity contribution in [1.82, 2.24) is 14.5 Å². The van der Waals surface area contributed by atoms with Gasteiger partial charge in [0.05, 0.1) is 18.3 Å². The first-order valence-electron chi connectivity index (χ1n) is 10.6. The van der Waals surface area contributed by atoms with E-state index in [1.807, 2.05) is 65.6 Å². The number of fused-ring (bicyclic) bond motifs is 1. The number of halogens is 1. The summed E-state index contributed by atoms with van der Waals surface area (Å²) >= 11 is 0. The predicted octanol–water partition coefficient (Wildman–Crippen LogP) is 4.56. The van der Waals surface area contributed by atoms with Gasteiger partial charge in [-0.25, -0.2) is 4.98 Å². The fourth-order valence-electron chi connectivity index (χ4n) is 4.21. The molecule has 7 heteroatoms. The molecule has 6 nitrogen and oxygen atoms in total. The summed E-state index contributed by atoms with van der Waals surface area (Å²) in [5.41, 5.74) is 3.02. The number of carbonyl (C=O) groups excluding carboxylic acids is 1. The molecule has 1 aliphatic heterocycles. The molecule has 3 heterocycles. The van der Waals surface area contributed by atoms with Crippen molar-refractivity contribution in [1.29, 1.82) is 0 Å². The number of pyridine rings is 1. The van der Waals surface area contributed by atoms with Gasteiger partial charge in [-0.2, -0.15) is 0 Å². The number of nitrogens with zero attached hydrogens (tertiary/aromatic N) is 4. The second kappa shape index (κ2) is 9.79. The van der Waals surface area contributed by atoms with Gasteiger partial charge in [-0.3, -0.25) is 19.1 Å². The lowest BCUT2D eigenvalue weighted by Gasteiger charge is -2.38. The Bertz CT molecular complexity index is 1290. The predicted molar refractivity (Wildman–Crippen MR) is 131 cm³/mol. The van der Waals surface area contributed by atoms with E-state index in [2.05, 4.69) is 17.1 Å². The maximum Gasteiger partial charge on any atom is 0.255 e. The largest absolute Gasteiger partial charge is 0.327 e. The van der Waals surface area contributed by atoms with Crippen molar-refractivity contribution in [2.24, 2.45) is 0 Å². The fourth-order valence-corrected chi connectivity index (χ4v) is 4.21. The van der Waals surface area contributed by atoms with E-state index in [-0.39, 0.29) is 36.3 Å². The third kappa shape index (κ3) is 4.56. The highest BCUT2D eigenvalue weighted by atomic mass is 35.5. The van der Waals surface area contributed by atoms with Crippen molar-refractivity contribution in [2.75, 3.05) is 11.4 Å². The molecule has 0 bridgehead atoms. The molecule has 0 N–H and O–H groups in total. The first kappa shape index (κ1) is 22.4. The van der Waals surface area contributed by atoms with Crippen LogP contribution < -0.4 is 10.5 Å². The van der Waals surface area contributed by atoms with Crippen LogP contribution in [0.5, 0.6) is 0 Å². The highest BCUT2D eigenvalue weighted by Gasteiger charge is 2.31. The summed E-state index contributed by atoms with van der Waals surface area (Å²) in [6, 6.07) is 24.5. The first-order valence-corrected chi connectivity index (χ1v) is 10.6. The maximum atomic E-state index is 13.2. The summed E-state index contributed by atoms with van der Waals surface area (Å²) < 4.78 is 1.67. The fraction of sp³-hybridized carbons (Fsp3) is 0.154. The number of anilines is 1. The zero-order chi connectivity index (χ0) is 21.9. The Morgan fingerprint density at radius 2 is 1.61 bits per heavy atom. The van der Waals surface area contributed by atoms with E-state index < -0.39 is 0 Å². The van der Waals surface area contributed by atoms with E-state index in [0.29, 0.717) is 23.8 Å². The molecule has 0 amide bonds. The lowest BCUT2D eigenvalue weighted by Crippen LogP contribution is -2.43. The minimum atomic E-state index is -0.120. The van der Waals surface area contributed by atoms with Gasteiger partial charge >= 0.3 is 0 Å². The number of rotatable bonds is 5. The van der Waals surface area contributed by atoms with Crippen LogP contribution in [0.2, 0.25) is 0 Å². The van der Waals surface area contributed by atoms with Crippen LogP contribution in [0.15, 0.2) is 96.1 Å². The molecule has 166 valence electrons. The maximum absolute atomic E-state index is 13.2. The third-order valence-corrected chi connectivity index (χ3v) is 5.82. The van der Waals surface area contributed by atoms with Crippen molar-refractivity contribution in [3.8, 4) is 11.3 Å². The van der Waals surface area contributed by atoms with E-state index in [1.165, 1.54) is 0 Å². The Hall–Kier alpha value is -3.77. The van der Waals surface area contributed by atoms with Crippen LogP contribution in [0, 0.1) is 0 Å². The standard InChI is InChI=1S/C26H22N4O2.ClH/c31-24(21-9-5-2-6-10-21)18-30-23(20-7-3-1-4-8-20)13-16-29-25(32)17-22(28-26(29)30)19-11-14-27-15-12-19;/h1-12,14-15,17,23H,13,16,18H2;1H. The molecule has 1 unspecified atom stereocenters. The summed E-state index contributed by atoms with van der Waals surface area (Å²) in [5.74, 6) is 0.511. The molecule has 0 radical (unpaired) electrons. The summed E-state index contributed by atoms with van der Waals surface area (Å²) in [5, 5.41) is 0. The van der Waals surface area contributed by atoms with Crippen LogP contribution in [0.25, 0.3) is 11.3 Å². The van der Waals surface area contributed by atoms with Gasteiger partial charge < -0.3 is 4.90 Å². The van der Waals surface area contributed by atoms with Gasteiger partial charge in [-0.1, -0.05) is 60.7 Å². The van der Waals surface area contributed by atoms with Crippen LogP contribution in [0.4, 0.5) is 5.95 Å². The van der Waals surface area contributed by atoms with E-state index >= 15 is 0 Å². The zero-order valence-electron chi connectivity index (χ0n) is 17.9. The lowest BCUT2D eigenvalue weighted by atomic mass is 9.99. The van der Waals surface area contributed by atoms with E-state index in [9.17, 15) is 9.59 Å². The third-order valence-electron chi connectivity index (χ3n) is 5.82. The molecule has 0 saturated heterocycles. The zero-order valence-corrected chi connectivity index (χ0v) is 18.7. The monoisotopic (exact) mass is 458 g/mol. The average Bonchev–Trinajstić information content (AvgIpc) is 2.86. The molecule has 4 aromatic rings. The summed E-state index contributed by atoms with van der Waals surface area (Å²) in [6.45, 7) is 0.684. The molecule has 0 saturated carbocycles. The van der Waals surface area contributed by atoms with E-state index in [0.717, 1.165) is 17.5 Å². The highest BCUT2D eigenvalue weighted by molar-refractivity contribution is 5.99. The number of Topliss-reactive ketones (excluding diaryl/α,β-unsaturated/α-hetero) is 1. The topological polar surface area (TPSA) is 68.1 Å². The SMILES string of the molecule is Cl.O=C(CN1c2nc(-c3ccncc3)cc(=O)n2CCC1c1ccccc1)c1ccccc1. The molecule has 33 heavy (non-hydrogen) atoms. The summed E-state index contributed by atoms with van der Waals surface area (Å²) in [6.07, 6.45) is 4.07. The van der Waals surface area contributed by atoms with Crippen LogP contribution in [-0.2, 0) is 6.54 Å². The molecule has 2 aromatic heterocycles. The van der Waals surface area contributed by atoms with Crippen molar-refractivity contribution in [2.45, 2.75) is 19.0 Å². The number of hydrogen-bond donors (Lipinski definition) is 0. The Kier molecular flexibility index (Phi) is 6.66. The highest BCUT2D eigenvalue weighted by Crippen LogP contribution is 2.34. The number of aromatic nitrogens is 3. The molecule has 1 aliphatic rings. The van der Waals surface area contributed by atoms with Crippen molar-refractivity contribution >= 4 is 24.1 Å². The van der Waals surface area contributed by atoms with Crippen LogP contribution in [0.1, 0.15) is 28.4 Å². The molecule has 0 aliphatic carbocycles. The second-order valence-corrected chi connectivity index (χ2v) is 7.80. The molecular weight excluding hydrogens is 436 g/mol. The first-order chi connectivity index (χ1) is 15.7. The van der Waals surface area contributed by atoms with Crippen molar-refractivity contribution in [3.05, 3.63) is 113 Å². The molecule has 0 fully saturated rings. The average molecular weight is 459 g/mol.